The largest absolute Gasteiger partial charge is 0.437 e. The Balaban J connectivity index is 1.70. The van der Waals surface area contributed by atoms with Gasteiger partial charge in [0.2, 0.25) is 11.8 Å². The number of benzene rings is 1. The minimum Gasteiger partial charge on any atom is -0.437 e. The molecule has 1 saturated carbocycles. The zero-order chi connectivity index (χ0) is 14.1. The number of fused-ring (bicyclic) bond motifs is 1. The minimum absolute atomic E-state index is 0.00773. The maximum Gasteiger partial charge on any atom is 0.246 e. The van der Waals surface area contributed by atoms with Gasteiger partial charge in [-0.25, -0.2) is 4.98 Å². The maximum atomic E-state index is 12.1. The minimum atomic E-state index is -0.00773. The van der Waals surface area contributed by atoms with Crippen molar-refractivity contribution in [1.29, 1.82) is 0 Å². The number of likely N-dealkylation sites (N-methyl/N-ethyl adjacent to an activating group) is 1. The lowest BCUT2D eigenvalue weighted by atomic mass is 10.2. The van der Waals surface area contributed by atoms with E-state index in [-0.39, 0.29) is 5.91 Å². The average Bonchev–Trinajstić information content (AvgIpc) is 3.22. The van der Waals surface area contributed by atoms with Gasteiger partial charge in [-0.2, -0.15) is 0 Å². The first kappa shape index (κ1) is 12.9. The van der Waals surface area contributed by atoms with Crippen molar-refractivity contribution in [2.75, 3.05) is 7.05 Å². The van der Waals surface area contributed by atoms with E-state index >= 15 is 0 Å². The van der Waals surface area contributed by atoms with Crippen LogP contribution in [-0.4, -0.2) is 28.9 Å². The summed E-state index contributed by atoms with van der Waals surface area (Å²) < 4.78 is 5.55. The Morgan fingerprint density at radius 2 is 2.20 bits per heavy atom. The number of hydrogen-bond acceptors (Lipinski definition) is 3. The van der Waals surface area contributed by atoms with Crippen LogP contribution in [0.3, 0.4) is 0 Å². The van der Waals surface area contributed by atoms with E-state index in [9.17, 15) is 4.79 Å². The van der Waals surface area contributed by atoms with Crippen molar-refractivity contribution in [3.8, 4) is 0 Å². The third-order valence-electron chi connectivity index (χ3n) is 3.94. The fraction of sp³-hybridized carbons (Fsp3) is 0.375. The average molecular weight is 270 g/mol. The molecular weight excluding hydrogens is 252 g/mol. The Labute approximate surface area is 118 Å². The number of carbonyl (C=O) groups is 1. The number of amides is 1. The summed E-state index contributed by atoms with van der Waals surface area (Å²) in [7, 11) is 1.85. The smallest absolute Gasteiger partial charge is 0.246 e. The lowest BCUT2D eigenvalue weighted by molar-refractivity contribution is -0.126. The standard InChI is InChI=1S/C16H18N2O2/c1-11(12-7-8-12)18(2)16(19)10-9-15-17-13-5-3-4-6-14(13)20-15/h3-6,9-12H,7-8H2,1-2H3/b10-9+. The van der Waals surface area contributed by atoms with Crippen LogP contribution in [0.25, 0.3) is 17.2 Å². The van der Waals surface area contributed by atoms with Crippen LogP contribution in [-0.2, 0) is 4.79 Å². The zero-order valence-electron chi connectivity index (χ0n) is 11.7. The molecular formula is C16H18N2O2. The Morgan fingerprint density at radius 1 is 1.45 bits per heavy atom. The van der Waals surface area contributed by atoms with E-state index in [4.69, 9.17) is 4.42 Å². The monoisotopic (exact) mass is 270 g/mol. The molecule has 0 N–H and O–H groups in total. The van der Waals surface area contributed by atoms with Crippen LogP contribution < -0.4 is 0 Å². The molecule has 1 aliphatic carbocycles. The van der Waals surface area contributed by atoms with Gasteiger partial charge in [-0.05, 0) is 37.8 Å². The van der Waals surface area contributed by atoms with E-state index in [0.29, 0.717) is 17.9 Å². The molecule has 1 unspecified atom stereocenters. The first-order valence-electron chi connectivity index (χ1n) is 6.95. The van der Waals surface area contributed by atoms with E-state index < -0.39 is 0 Å². The van der Waals surface area contributed by atoms with Gasteiger partial charge in [0.25, 0.3) is 0 Å². The summed E-state index contributed by atoms with van der Waals surface area (Å²) in [5.74, 6) is 1.13. The first-order valence-corrected chi connectivity index (χ1v) is 6.95. The molecule has 0 radical (unpaired) electrons. The summed E-state index contributed by atoms with van der Waals surface area (Å²) >= 11 is 0. The lowest BCUT2D eigenvalue weighted by Crippen LogP contribution is -2.35. The molecule has 0 saturated heterocycles. The van der Waals surface area contributed by atoms with Crippen molar-refractivity contribution in [2.45, 2.75) is 25.8 Å². The Hall–Kier alpha value is -2.10. The summed E-state index contributed by atoms with van der Waals surface area (Å²) in [4.78, 5) is 18.2. The molecule has 104 valence electrons. The predicted octanol–water partition coefficient (Wildman–Crippen LogP) is 3.10. The third kappa shape index (κ3) is 2.59. The molecule has 1 aromatic heterocycles. The van der Waals surface area contributed by atoms with E-state index in [1.165, 1.54) is 18.9 Å². The Bertz CT molecular complexity index is 622. The van der Waals surface area contributed by atoms with Crippen molar-refractivity contribution in [3.63, 3.8) is 0 Å². The molecule has 0 spiro atoms. The molecule has 3 rings (SSSR count). The van der Waals surface area contributed by atoms with Crippen molar-refractivity contribution in [3.05, 3.63) is 36.2 Å². The van der Waals surface area contributed by atoms with Crippen LogP contribution in [0.2, 0.25) is 0 Å². The topological polar surface area (TPSA) is 46.3 Å². The third-order valence-corrected chi connectivity index (χ3v) is 3.94. The second-order valence-electron chi connectivity index (χ2n) is 5.38. The molecule has 4 nitrogen and oxygen atoms in total. The molecule has 0 aliphatic heterocycles. The van der Waals surface area contributed by atoms with Gasteiger partial charge in [0.1, 0.15) is 5.52 Å². The van der Waals surface area contributed by atoms with E-state index in [2.05, 4.69) is 11.9 Å². The van der Waals surface area contributed by atoms with Gasteiger partial charge < -0.3 is 9.32 Å². The summed E-state index contributed by atoms with van der Waals surface area (Å²) in [6.45, 7) is 2.10. The number of aromatic nitrogens is 1. The van der Waals surface area contributed by atoms with E-state index in [0.717, 1.165) is 11.1 Å². The normalized spacial score (nSPS) is 16.7. The van der Waals surface area contributed by atoms with Crippen molar-refractivity contribution >= 4 is 23.1 Å². The van der Waals surface area contributed by atoms with Gasteiger partial charge in [-0.1, -0.05) is 12.1 Å². The highest BCUT2D eigenvalue weighted by Gasteiger charge is 2.31. The number of oxazole rings is 1. The van der Waals surface area contributed by atoms with Gasteiger partial charge in [-0.3, -0.25) is 4.79 Å². The summed E-state index contributed by atoms with van der Waals surface area (Å²) in [5.41, 5.74) is 1.54. The van der Waals surface area contributed by atoms with E-state index in [1.54, 1.807) is 11.0 Å². The first-order chi connectivity index (χ1) is 9.65. The van der Waals surface area contributed by atoms with Gasteiger partial charge >= 0.3 is 0 Å². The van der Waals surface area contributed by atoms with Crippen molar-refractivity contribution in [2.24, 2.45) is 5.92 Å². The molecule has 1 atom stereocenters. The predicted molar refractivity (Wildman–Crippen MR) is 78.0 cm³/mol. The molecule has 20 heavy (non-hydrogen) atoms. The number of hydrogen-bond donors (Lipinski definition) is 0. The Morgan fingerprint density at radius 3 is 2.90 bits per heavy atom. The molecule has 1 aliphatic rings. The van der Waals surface area contributed by atoms with Crippen LogP contribution in [0.4, 0.5) is 0 Å². The summed E-state index contributed by atoms with van der Waals surface area (Å²) in [6, 6.07) is 7.87. The quantitative estimate of drug-likeness (QED) is 0.802. The molecule has 4 heteroatoms. The molecule has 1 aromatic carbocycles. The van der Waals surface area contributed by atoms with Gasteiger partial charge in [0.15, 0.2) is 5.58 Å². The van der Waals surface area contributed by atoms with Crippen molar-refractivity contribution in [1.82, 2.24) is 9.88 Å². The van der Waals surface area contributed by atoms with Crippen LogP contribution >= 0.6 is 0 Å². The summed E-state index contributed by atoms with van der Waals surface area (Å²) in [5, 5.41) is 0. The summed E-state index contributed by atoms with van der Waals surface area (Å²) in [6.07, 6.45) is 5.63. The van der Waals surface area contributed by atoms with Crippen molar-refractivity contribution < 1.29 is 9.21 Å². The van der Waals surface area contributed by atoms with Crippen LogP contribution in [0.5, 0.6) is 0 Å². The highest BCUT2D eigenvalue weighted by atomic mass is 16.3. The zero-order valence-corrected chi connectivity index (χ0v) is 11.7. The molecule has 0 bridgehead atoms. The van der Waals surface area contributed by atoms with E-state index in [1.807, 2.05) is 31.3 Å². The van der Waals surface area contributed by atoms with Gasteiger partial charge in [0.05, 0.1) is 0 Å². The Kier molecular flexibility index (Phi) is 3.30. The second kappa shape index (κ2) is 5.12. The lowest BCUT2D eigenvalue weighted by Gasteiger charge is -2.23. The fourth-order valence-corrected chi connectivity index (χ4v) is 2.32. The number of nitrogens with zero attached hydrogens (tertiary/aromatic N) is 2. The fourth-order valence-electron chi connectivity index (χ4n) is 2.32. The molecule has 1 amide bonds. The van der Waals surface area contributed by atoms with Gasteiger partial charge in [-0.15, -0.1) is 0 Å². The number of para-hydroxylation sites is 2. The number of carbonyl (C=O) groups excluding carboxylic acids is 1. The van der Waals surface area contributed by atoms with Crippen LogP contribution in [0, 0.1) is 5.92 Å². The highest BCUT2D eigenvalue weighted by molar-refractivity contribution is 5.91. The van der Waals surface area contributed by atoms with Gasteiger partial charge in [0, 0.05) is 25.2 Å². The molecule has 1 heterocycles. The van der Waals surface area contributed by atoms with Crippen LogP contribution in [0.15, 0.2) is 34.8 Å². The highest BCUT2D eigenvalue weighted by Crippen LogP contribution is 2.34. The maximum absolute atomic E-state index is 12.1. The molecule has 2 aromatic rings. The SMILES string of the molecule is CC(C1CC1)N(C)C(=O)/C=C/c1nc2ccccc2o1. The molecule has 1 fully saturated rings. The van der Waals surface area contributed by atoms with Crippen LogP contribution in [0.1, 0.15) is 25.7 Å². The number of rotatable bonds is 4. The second-order valence-corrected chi connectivity index (χ2v) is 5.38.